The van der Waals surface area contributed by atoms with Gasteiger partial charge in [0.05, 0.1) is 17.0 Å². The topological polar surface area (TPSA) is 125 Å². The number of aromatic nitrogens is 6. The number of nitrogen functional groups attached to an aromatic ring is 1. The Balaban J connectivity index is 1.25. The fourth-order valence-corrected chi connectivity index (χ4v) is 4.04. The summed E-state index contributed by atoms with van der Waals surface area (Å²) in [6.07, 6.45) is 5.10. The van der Waals surface area contributed by atoms with Gasteiger partial charge >= 0.3 is 0 Å². The molecule has 0 aliphatic heterocycles. The molecule has 0 aliphatic carbocycles. The number of nitrogens with two attached hydrogens (primary N) is 1. The molecule has 0 amide bonds. The Morgan fingerprint density at radius 3 is 2.37 bits per heavy atom. The van der Waals surface area contributed by atoms with E-state index in [0.29, 0.717) is 28.7 Å². The van der Waals surface area contributed by atoms with Crippen LogP contribution in [0.5, 0.6) is 11.6 Å². The van der Waals surface area contributed by atoms with Crippen molar-refractivity contribution in [3.63, 3.8) is 0 Å². The van der Waals surface area contributed by atoms with Crippen LogP contribution in [0.3, 0.4) is 0 Å². The Labute approximate surface area is 218 Å². The summed E-state index contributed by atoms with van der Waals surface area (Å²) in [6.45, 7) is 2.01. The van der Waals surface area contributed by atoms with Crippen molar-refractivity contribution in [2.45, 2.75) is 6.92 Å². The average molecular weight is 499 g/mol. The number of hydrogen-bond acceptors (Lipinski definition) is 9. The van der Waals surface area contributed by atoms with E-state index in [-0.39, 0.29) is 5.95 Å². The zero-order valence-electron chi connectivity index (χ0n) is 20.4. The maximum Gasteiger partial charge on any atom is 0.228 e. The maximum atomic E-state index is 6.08. The lowest BCUT2D eigenvalue weighted by Gasteiger charge is -2.12. The largest absolute Gasteiger partial charge is 0.438 e. The molecule has 2 aromatic carbocycles. The molecule has 6 rings (SSSR count). The summed E-state index contributed by atoms with van der Waals surface area (Å²) in [4.78, 5) is 17.1. The van der Waals surface area contributed by atoms with Crippen molar-refractivity contribution in [3.8, 4) is 34.3 Å². The van der Waals surface area contributed by atoms with Gasteiger partial charge in [-0.25, -0.2) is 15.0 Å². The normalized spacial score (nSPS) is 10.9. The first-order valence-corrected chi connectivity index (χ1v) is 11.9. The molecule has 0 aliphatic rings. The molecule has 184 valence electrons. The summed E-state index contributed by atoms with van der Waals surface area (Å²) >= 11 is 0. The fraction of sp³-hybridized carbons (Fsp3) is 0.0345. The van der Waals surface area contributed by atoms with Gasteiger partial charge < -0.3 is 15.8 Å². The van der Waals surface area contributed by atoms with Gasteiger partial charge in [0.1, 0.15) is 11.4 Å². The Morgan fingerprint density at radius 2 is 1.58 bits per heavy atom. The number of benzene rings is 2. The molecule has 0 saturated heterocycles. The van der Waals surface area contributed by atoms with Crippen molar-refractivity contribution in [1.29, 1.82) is 0 Å². The van der Waals surface area contributed by atoms with Gasteiger partial charge in [0.25, 0.3) is 0 Å². The van der Waals surface area contributed by atoms with Crippen LogP contribution in [-0.4, -0.2) is 30.1 Å². The second-order valence-corrected chi connectivity index (χ2v) is 8.57. The zero-order chi connectivity index (χ0) is 25.9. The summed E-state index contributed by atoms with van der Waals surface area (Å²) < 4.78 is 6.08. The zero-order valence-corrected chi connectivity index (χ0v) is 20.4. The van der Waals surface area contributed by atoms with Crippen LogP contribution < -0.4 is 15.8 Å². The minimum atomic E-state index is 0.187. The SMILES string of the molecule is Cc1ccc(-c2nnc(Nc3ccc(Oc4ncccc4-c4ccnc(N)n4)cc3)c3ccccc23)nc1. The highest BCUT2D eigenvalue weighted by Gasteiger charge is 2.13. The van der Waals surface area contributed by atoms with E-state index in [0.717, 1.165) is 33.4 Å². The summed E-state index contributed by atoms with van der Waals surface area (Å²) in [5, 5.41) is 14.3. The first-order chi connectivity index (χ1) is 18.6. The lowest BCUT2D eigenvalue weighted by Crippen LogP contribution is -2.00. The van der Waals surface area contributed by atoms with Crippen LogP contribution in [0.15, 0.2) is 97.5 Å². The third kappa shape index (κ3) is 4.68. The molecule has 38 heavy (non-hydrogen) atoms. The molecule has 4 aromatic heterocycles. The van der Waals surface area contributed by atoms with Crippen molar-refractivity contribution in [2.75, 3.05) is 11.1 Å². The lowest BCUT2D eigenvalue weighted by atomic mass is 10.1. The Kier molecular flexibility index (Phi) is 5.99. The summed E-state index contributed by atoms with van der Waals surface area (Å²) in [6, 6.07) is 25.0. The van der Waals surface area contributed by atoms with Crippen LogP contribution in [0.4, 0.5) is 17.5 Å². The van der Waals surface area contributed by atoms with Gasteiger partial charge in [-0.3, -0.25) is 4.98 Å². The molecular formula is C29H22N8O. The third-order valence-electron chi connectivity index (χ3n) is 5.89. The van der Waals surface area contributed by atoms with Crippen LogP contribution in [0.25, 0.3) is 33.4 Å². The van der Waals surface area contributed by atoms with Crippen LogP contribution in [0, 0.1) is 6.92 Å². The van der Waals surface area contributed by atoms with Crippen molar-refractivity contribution in [1.82, 2.24) is 30.1 Å². The Hall–Kier alpha value is -5.44. The number of fused-ring (bicyclic) bond motifs is 1. The molecule has 0 atom stereocenters. The minimum absolute atomic E-state index is 0.187. The number of ether oxygens (including phenoxy) is 1. The monoisotopic (exact) mass is 498 g/mol. The molecule has 3 N–H and O–H groups in total. The highest BCUT2D eigenvalue weighted by molar-refractivity contribution is 6.00. The molecule has 0 unspecified atom stereocenters. The number of aryl methyl sites for hydroxylation is 1. The second kappa shape index (κ2) is 9.90. The van der Waals surface area contributed by atoms with E-state index >= 15 is 0 Å². The molecule has 0 fully saturated rings. The number of nitrogens with zero attached hydrogens (tertiary/aromatic N) is 6. The number of nitrogens with one attached hydrogen (secondary N) is 1. The Bertz CT molecular complexity index is 1740. The van der Waals surface area contributed by atoms with E-state index in [9.17, 15) is 0 Å². The van der Waals surface area contributed by atoms with Crippen LogP contribution in [0.1, 0.15) is 5.56 Å². The smallest absolute Gasteiger partial charge is 0.228 e. The number of hydrogen-bond donors (Lipinski definition) is 2. The number of pyridine rings is 2. The van der Waals surface area contributed by atoms with Gasteiger partial charge in [0.15, 0.2) is 5.82 Å². The van der Waals surface area contributed by atoms with Gasteiger partial charge in [-0.1, -0.05) is 30.3 Å². The fourth-order valence-electron chi connectivity index (χ4n) is 4.04. The molecule has 9 heteroatoms. The first-order valence-electron chi connectivity index (χ1n) is 11.9. The molecule has 0 spiro atoms. The van der Waals surface area contributed by atoms with E-state index < -0.39 is 0 Å². The lowest BCUT2D eigenvalue weighted by molar-refractivity contribution is 0.465. The van der Waals surface area contributed by atoms with Crippen molar-refractivity contribution < 1.29 is 4.74 Å². The molecule has 4 heterocycles. The molecule has 9 nitrogen and oxygen atoms in total. The van der Waals surface area contributed by atoms with Gasteiger partial charge in [0, 0.05) is 35.1 Å². The quantitative estimate of drug-likeness (QED) is 0.286. The van der Waals surface area contributed by atoms with E-state index in [1.807, 2.05) is 85.9 Å². The maximum absolute atomic E-state index is 6.08. The highest BCUT2D eigenvalue weighted by atomic mass is 16.5. The predicted octanol–water partition coefficient (Wildman–Crippen LogP) is 5.97. The summed E-state index contributed by atoms with van der Waals surface area (Å²) in [5.41, 5.74) is 10.6. The number of anilines is 3. The predicted molar refractivity (Wildman–Crippen MR) is 147 cm³/mol. The molecule has 6 aromatic rings. The van der Waals surface area contributed by atoms with Crippen molar-refractivity contribution >= 4 is 28.2 Å². The van der Waals surface area contributed by atoms with Crippen molar-refractivity contribution in [3.05, 3.63) is 103 Å². The first kappa shape index (κ1) is 23.0. The number of rotatable bonds is 6. The summed E-state index contributed by atoms with van der Waals surface area (Å²) in [7, 11) is 0. The van der Waals surface area contributed by atoms with Crippen LogP contribution in [-0.2, 0) is 0 Å². The van der Waals surface area contributed by atoms with Crippen LogP contribution >= 0.6 is 0 Å². The highest BCUT2D eigenvalue weighted by Crippen LogP contribution is 2.33. The Morgan fingerprint density at radius 1 is 0.737 bits per heavy atom. The average Bonchev–Trinajstić information content (AvgIpc) is 2.95. The van der Waals surface area contributed by atoms with Gasteiger partial charge in [-0.05, 0) is 61.0 Å². The van der Waals surface area contributed by atoms with E-state index in [1.165, 1.54) is 0 Å². The second-order valence-electron chi connectivity index (χ2n) is 8.57. The third-order valence-corrected chi connectivity index (χ3v) is 5.89. The van der Waals surface area contributed by atoms with Gasteiger partial charge in [0.2, 0.25) is 11.8 Å². The molecule has 0 saturated carbocycles. The van der Waals surface area contributed by atoms with Crippen LogP contribution in [0.2, 0.25) is 0 Å². The van der Waals surface area contributed by atoms with Gasteiger partial charge in [-0.2, -0.15) is 0 Å². The minimum Gasteiger partial charge on any atom is -0.438 e. The summed E-state index contributed by atoms with van der Waals surface area (Å²) in [5.74, 6) is 1.88. The van der Waals surface area contributed by atoms with E-state index in [1.54, 1.807) is 18.5 Å². The molecule has 0 bridgehead atoms. The standard InChI is InChI=1S/C29H22N8O/c1-18-8-13-25(33-17-18)26-21-5-2-3-6-22(21)27(37-36-26)34-19-9-11-20(12-10-19)38-28-23(7-4-15-31-28)24-14-16-32-29(30)35-24/h2-17H,1H3,(H,34,37)(H2,30,32,35). The molecular weight excluding hydrogens is 476 g/mol. The van der Waals surface area contributed by atoms with E-state index in [2.05, 4.69) is 35.5 Å². The van der Waals surface area contributed by atoms with Gasteiger partial charge in [-0.15, -0.1) is 10.2 Å². The molecule has 0 radical (unpaired) electrons. The van der Waals surface area contributed by atoms with Crippen molar-refractivity contribution in [2.24, 2.45) is 0 Å². The van der Waals surface area contributed by atoms with E-state index in [4.69, 9.17) is 10.5 Å².